The molecule has 4 rings (SSSR count). The fourth-order valence-corrected chi connectivity index (χ4v) is 4.79. The monoisotopic (exact) mass is 452 g/mol. The summed E-state index contributed by atoms with van der Waals surface area (Å²) in [7, 11) is 4.05. The van der Waals surface area contributed by atoms with Crippen molar-refractivity contribution in [3.63, 3.8) is 0 Å². The molecule has 9 nitrogen and oxygen atoms in total. The maximum absolute atomic E-state index is 12.6. The number of carbonyl (C=O) groups is 1. The van der Waals surface area contributed by atoms with Crippen molar-refractivity contribution in [1.29, 1.82) is 0 Å². The molecule has 0 unspecified atom stereocenters. The Morgan fingerprint density at radius 2 is 1.79 bits per heavy atom. The van der Waals surface area contributed by atoms with Gasteiger partial charge in [-0.1, -0.05) is 6.07 Å². The standard InChI is InChI=1S/C24H32N6O3/c1-15-8-9-16(14-21(15)30(32)33)23(31)25-17-10-12-18(13-11-17)26-24-27-20-7-5-4-6-19(20)22(28-24)29(2)3/h8-9,14,17-18H,4-7,10-13H2,1-3H3,(H,25,31)(H,26,27,28)/t17-,18+. The van der Waals surface area contributed by atoms with Crippen molar-refractivity contribution < 1.29 is 9.72 Å². The molecule has 0 radical (unpaired) electrons. The Labute approximate surface area is 194 Å². The highest BCUT2D eigenvalue weighted by atomic mass is 16.6. The van der Waals surface area contributed by atoms with Gasteiger partial charge < -0.3 is 15.5 Å². The maximum Gasteiger partial charge on any atom is 0.273 e. The number of hydrogen-bond acceptors (Lipinski definition) is 7. The van der Waals surface area contributed by atoms with Crippen LogP contribution in [0.3, 0.4) is 0 Å². The highest BCUT2D eigenvalue weighted by Gasteiger charge is 2.25. The summed E-state index contributed by atoms with van der Waals surface area (Å²) in [5.74, 6) is 1.44. The van der Waals surface area contributed by atoms with E-state index in [9.17, 15) is 14.9 Å². The molecule has 1 aromatic carbocycles. The molecule has 0 bridgehead atoms. The third-order valence-corrected chi connectivity index (χ3v) is 6.65. The number of amides is 1. The number of nitro benzene ring substituents is 1. The molecule has 2 aliphatic carbocycles. The summed E-state index contributed by atoms with van der Waals surface area (Å²) >= 11 is 0. The van der Waals surface area contributed by atoms with E-state index in [2.05, 4.69) is 15.5 Å². The van der Waals surface area contributed by atoms with Gasteiger partial charge in [-0.05, 0) is 64.4 Å². The molecular formula is C24H32N6O3. The molecule has 0 aliphatic heterocycles. The van der Waals surface area contributed by atoms with Gasteiger partial charge in [0.15, 0.2) is 0 Å². The number of fused-ring (bicyclic) bond motifs is 1. The first-order chi connectivity index (χ1) is 15.8. The van der Waals surface area contributed by atoms with Crippen LogP contribution in [0.5, 0.6) is 0 Å². The van der Waals surface area contributed by atoms with E-state index in [1.54, 1.807) is 19.1 Å². The number of nitrogens with one attached hydrogen (secondary N) is 2. The Hall–Kier alpha value is -3.23. The molecule has 0 saturated heterocycles. The Bertz CT molecular complexity index is 1050. The summed E-state index contributed by atoms with van der Waals surface area (Å²) in [5, 5.41) is 17.7. The zero-order chi connectivity index (χ0) is 23.5. The average Bonchev–Trinajstić information content (AvgIpc) is 2.79. The molecule has 1 heterocycles. The Kier molecular flexibility index (Phi) is 6.76. The van der Waals surface area contributed by atoms with Crippen molar-refractivity contribution in [2.24, 2.45) is 0 Å². The lowest BCUT2D eigenvalue weighted by atomic mass is 9.91. The molecule has 0 spiro atoms. The smallest absolute Gasteiger partial charge is 0.273 e. The molecule has 0 atom stereocenters. The van der Waals surface area contributed by atoms with Crippen LogP contribution >= 0.6 is 0 Å². The number of nitrogens with zero attached hydrogens (tertiary/aromatic N) is 4. The second-order valence-corrected chi connectivity index (χ2v) is 9.32. The summed E-state index contributed by atoms with van der Waals surface area (Å²) < 4.78 is 0. The lowest BCUT2D eigenvalue weighted by molar-refractivity contribution is -0.385. The van der Waals surface area contributed by atoms with Gasteiger partial charge in [0.05, 0.1) is 10.6 Å². The fourth-order valence-electron chi connectivity index (χ4n) is 4.79. The van der Waals surface area contributed by atoms with Crippen LogP contribution in [0.15, 0.2) is 18.2 Å². The van der Waals surface area contributed by atoms with Crippen LogP contribution in [-0.2, 0) is 12.8 Å². The molecule has 1 aromatic heterocycles. The number of nitro groups is 1. The Balaban J connectivity index is 1.35. The van der Waals surface area contributed by atoms with E-state index < -0.39 is 4.92 Å². The number of aromatic nitrogens is 2. The summed E-state index contributed by atoms with van der Waals surface area (Å²) in [5.41, 5.74) is 3.28. The van der Waals surface area contributed by atoms with Crippen molar-refractivity contribution in [1.82, 2.24) is 15.3 Å². The van der Waals surface area contributed by atoms with Crippen molar-refractivity contribution in [3.05, 3.63) is 50.7 Å². The molecule has 33 heavy (non-hydrogen) atoms. The minimum absolute atomic E-state index is 0.0299. The number of hydrogen-bond donors (Lipinski definition) is 2. The molecule has 2 aromatic rings. The Morgan fingerprint density at radius 3 is 2.48 bits per heavy atom. The lowest BCUT2D eigenvalue weighted by Crippen LogP contribution is -2.40. The van der Waals surface area contributed by atoms with Crippen molar-refractivity contribution in [2.45, 2.75) is 70.4 Å². The largest absolute Gasteiger partial charge is 0.362 e. The molecule has 176 valence electrons. The molecule has 2 N–H and O–H groups in total. The molecular weight excluding hydrogens is 420 g/mol. The zero-order valence-corrected chi connectivity index (χ0v) is 19.6. The van der Waals surface area contributed by atoms with Crippen LogP contribution in [0.2, 0.25) is 0 Å². The van der Waals surface area contributed by atoms with Gasteiger partial charge in [-0.3, -0.25) is 14.9 Å². The summed E-state index contributed by atoms with van der Waals surface area (Å²) in [6.45, 7) is 1.67. The highest BCUT2D eigenvalue weighted by Crippen LogP contribution is 2.29. The molecule has 9 heteroatoms. The van der Waals surface area contributed by atoms with Crippen LogP contribution in [0, 0.1) is 17.0 Å². The summed E-state index contributed by atoms with van der Waals surface area (Å²) in [4.78, 5) is 35.0. The van der Waals surface area contributed by atoms with Crippen molar-refractivity contribution in [2.75, 3.05) is 24.3 Å². The number of carbonyl (C=O) groups excluding carboxylic acids is 1. The topological polar surface area (TPSA) is 113 Å². The minimum atomic E-state index is -0.451. The number of anilines is 2. The molecule has 2 aliphatic rings. The van der Waals surface area contributed by atoms with Crippen molar-refractivity contribution >= 4 is 23.4 Å². The van der Waals surface area contributed by atoms with Gasteiger partial charge in [0.25, 0.3) is 11.6 Å². The van der Waals surface area contributed by atoms with Crippen LogP contribution in [0.25, 0.3) is 0 Å². The van der Waals surface area contributed by atoms with Gasteiger partial charge in [0, 0.05) is 48.9 Å². The second kappa shape index (κ2) is 9.72. The van der Waals surface area contributed by atoms with Gasteiger partial charge in [0.2, 0.25) is 5.95 Å². The summed E-state index contributed by atoms with van der Waals surface area (Å²) in [6, 6.07) is 4.93. The first kappa shape index (κ1) is 22.9. The SMILES string of the molecule is Cc1ccc(C(=O)N[C@H]2CC[C@@H](Nc3nc4c(c(N(C)C)n3)CCCC4)CC2)cc1[N+](=O)[O-]. The van der Waals surface area contributed by atoms with E-state index in [4.69, 9.17) is 9.97 Å². The summed E-state index contributed by atoms with van der Waals surface area (Å²) in [6.07, 6.45) is 7.88. The van der Waals surface area contributed by atoms with Crippen LogP contribution in [0.1, 0.15) is 65.7 Å². The first-order valence-corrected chi connectivity index (χ1v) is 11.7. The number of aryl methyl sites for hydroxylation is 2. The quantitative estimate of drug-likeness (QED) is 0.506. The second-order valence-electron chi connectivity index (χ2n) is 9.32. The van der Waals surface area contributed by atoms with Gasteiger partial charge in [-0.15, -0.1) is 0 Å². The van der Waals surface area contributed by atoms with E-state index in [0.29, 0.717) is 17.1 Å². The molecule has 1 saturated carbocycles. The van der Waals surface area contributed by atoms with Crippen molar-refractivity contribution in [3.8, 4) is 0 Å². The van der Waals surface area contributed by atoms with Crippen LogP contribution in [-0.4, -0.2) is 47.0 Å². The van der Waals surface area contributed by atoms with E-state index in [0.717, 1.165) is 50.0 Å². The van der Waals surface area contributed by atoms with E-state index in [1.165, 1.54) is 24.5 Å². The van der Waals surface area contributed by atoms with Crippen LogP contribution < -0.4 is 15.5 Å². The highest BCUT2D eigenvalue weighted by molar-refractivity contribution is 5.95. The fraction of sp³-hybridized carbons (Fsp3) is 0.542. The molecule has 1 amide bonds. The maximum atomic E-state index is 12.6. The average molecular weight is 453 g/mol. The van der Waals surface area contributed by atoms with Gasteiger partial charge in [-0.25, -0.2) is 4.98 Å². The molecule has 1 fully saturated rings. The van der Waals surface area contributed by atoms with Gasteiger partial charge in [-0.2, -0.15) is 4.98 Å². The first-order valence-electron chi connectivity index (χ1n) is 11.7. The third kappa shape index (κ3) is 5.23. The predicted molar refractivity (Wildman–Crippen MR) is 128 cm³/mol. The van der Waals surface area contributed by atoms with E-state index >= 15 is 0 Å². The number of benzene rings is 1. The van der Waals surface area contributed by atoms with Crippen LogP contribution in [0.4, 0.5) is 17.5 Å². The lowest BCUT2D eigenvalue weighted by Gasteiger charge is -2.30. The van der Waals surface area contributed by atoms with Gasteiger partial charge >= 0.3 is 0 Å². The predicted octanol–water partition coefficient (Wildman–Crippen LogP) is 3.79. The zero-order valence-electron chi connectivity index (χ0n) is 19.6. The normalized spacial score (nSPS) is 20.0. The van der Waals surface area contributed by atoms with E-state index in [-0.39, 0.29) is 23.7 Å². The number of rotatable bonds is 6. The minimum Gasteiger partial charge on any atom is -0.362 e. The third-order valence-electron chi connectivity index (χ3n) is 6.65. The Morgan fingerprint density at radius 1 is 1.09 bits per heavy atom. The van der Waals surface area contributed by atoms with E-state index in [1.807, 2.05) is 14.1 Å². The van der Waals surface area contributed by atoms with Gasteiger partial charge in [0.1, 0.15) is 5.82 Å².